The Morgan fingerprint density at radius 1 is 1.20 bits per heavy atom. The lowest BCUT2D eigenvalue weighted by Crippen LogP contribution is -2.25. The van der Waals surface area contributed by atoms with Gasteiger partial charge in [-0.3, -0.25) is 9.59 Å². The molecule has 1 saturated carbocycles. The van der Waals surface area contributed by atoms with Crippen molar-refractivity contribution >= 4 is 39.0 Å². The lowest BCUT2D eigenvalue weighted by atomic mass is 9.88. The molecule has 7 heteroatoms. The summed E-state index contributed by atoms with van der Waals surface area (Å²) in [5.41, 5.74) is 1.23. The Kier molecular flexibility index (Phi) is 6.08. The molecule has 6 nitrogen and oxygen atoms in total. The van der Waals surface area contributed by atoms with Crippen molar-refractivity contribution < 1.29 is 9.53 Å². The molecule has 0 atom stereocenters. The number of aromatic nitrogens is 2. The highest BCUT2D eigenvalue weighted by atomic mass is 79.9. The molecule has 0 spiro atoms. The Balaban J connectivity index is 1.80. The number of rotatable bonds is 4. The van der Waals surface area contributed by atoms with E-state index in [4.69, 9.17) is 9.72 Å². The van der Waals surface area contributed by atoms with Gasteiger partial charge in [0.1, 0.15) is 11.6 Å². The Bertz CT molecular complexity index is 1180. The highest BCUT2D eigenvalue weighted by Crippen LogP contribution is 2.32. The second kappa shape index (κ2) is 8.92. The first-order valence-corrected chi connectivity index (χ1v) is 10.9. The van der Waals surface area contributed by atoms with Crippen molar-refractivity contribution in [3.63, 3.8) is 0 Å². The number of ether oxygens (including phenoxy) is 1. The molecule has 0 unspecified atom stereocenters. The van der Waals surface area contributed by atoms with Crippen LogP contribution in [0, 0.1) is 0 Å². The second-order valence-electron chi connectivity index (χ2n) is 7.49. The molecule has 3 aromatic rings. The number of carbonyl (C=O) groups excluding carboxylic acids is 1. The molecule has 1 heterocycles. The van der Waals surface area contributed by atoms with Gasteiger partial charge in [-0.25, -0.2) is 4.98 Å². The summed E-state index contributed by atoms with van der Waals surface area (Å²) in [6.45, 7) is 1.36. The molecule has 1 aliphatic rings. The summed E-state index contributed by atoms with van der Waals surface area (Å²) < 4.78 is 7.39. The quantitative estimate of drug-likeness (QED) is 0.307. The van der Waals surface area contributed by atoms with Gasteiger partial charge >= 0.3 is 5.97 Å². The maximum Gasteiger partial charge on any atom is 0.308 e. The third-order valence-corrected chi connectivity index (χ3v) is 5.74. The van der Waals surface area contributed by atoms with Gasteiger partial charge in [-0.15, -0.1) is 0 Å². The molecule has 1 aromatic heterocycles. The first-order valence-electron chi connectivity index (χ1n) is 10.1. The van der Waals surface area contributed by atoms with E-state index in [-0.39, 0.29) is 17.4 Å². The molecule has 0 saturated heterocycles. The zero-order valence-electron chi connectivity index (χ0n) is 16.7. The van der Waals surface area contributed by atoms with Crippen LogP contribution in [0.3, 0.4) is 0 Å². The summed E-state index contributed by atoms with van der Waals surface area (Å²) in [7, 11) is 0. The maximum absolute atomic E-state index is 13.3. The van der Waals surface area contributed by atoms with Crippen LogP contribution < -0.4 is 10.3 Å². The number of hydrogen-bond acceptors (Lipinski definition) is 5. The topological polar surface area (TPSA) is 73.5 Å². The van der Waals surface area contributed by atoms with Crippen LogP contribution in [-0.4, -0.2) is 21.8 Å². The minimum atomic E-state index is -0.385. The molecule has 0 aliphatic heterocycles. The SMILES string of the molecule is CC(=O)Oc1cccc(C=Nn2c(C3CCCCC3)nc3ccc(Br)cc3c2=O)c1. The molecule has 1 aliphatic carbocycles. The Morgan fingerprint density at radius 2 is 2.00 bits per heavy atom. The van der Waals surface area contributed by atoms with Crippen LogP contribution in [-0.2, 0) is 4.79 Å². The average molecular weight is 468 g/mol. The van der Waals surface area contributed by atoms with E-state index in [1.54, 1.807) is 30.5 Å². The number of carbonyl (C=O) groups is 1. The smallest absolute Gasteiger partial charge is 0.308 e. The molecule has 4 rings (SSSR count). The van der Waals surface area contributed by atoms with Gasteiger partial charge < -0.3 is 4.74 Å². The van der Waals surface area contributed by atoms with E-state index in [2.05, 4.69) is 21.0 Å². The largest absolute Gasteiger partial charge is 0.427 e. The normalized spacial score (nSPS) is 15.0. The number of fused-ring (bicyclic) bond motifs is 1. The zero-order chi connectivity index (χ0) is 21.1. The van der Waals surface area contributed by atoms with Gasteiger partial charge in [0, 0.05) is 17.3 Å². The number of esters is 1. The van der Waals surface area contributed by atoms with Crippen LogP contribution in [0.5, 0.6) is 5.75 Å². The minimum Gasteiger partial charge on any atom is -0.427 e. The van der Waals surface area contributed by atoms with Crippen LogP contribution in [0.4, 0.5) is 0 Å². The van der Waals surface area contributed by atoms with Crippen molar-refractivity contribution in [3.8, 4) is 5.75 Å². The van der Waals surface area contributed by atoms with Crippen LogP contribution in [0.15, 0.2) is 56.8 Å². The van der Waals surface area contributed by atoms with E-state index in [1.165, 1.54) is 18.0 Å². The molecule has 0 amide bonds. The van der Waals surface area contributed by atoms with E-state index in [0.717, 1.165) is 35.7 Å². The van der Waals surface area contributed by atoms with Crippen LogP contribution in [0.2, 0.25) is 0 Å². The van der Waals surface area contributed by atoms with Crippen molar-refractivity contribution in [1.29, 1.82) is 0 Å². The first kappa shape index (κ1) is 20.5. The van der Waals surface area contributed by atoms with Crippen molar-refractivity contribution in [2.75, 3.05) is 0 Å². The van der Waals surface area contributed by atoms with Gasteiger partial charge in [0.15, 0.2) is 0 Å². The van der Waals surface area contributed by atoms with E-state index in [0.29, 0.717) is 22.5 Å². The molecule has 0 radical (unpaired) electrons. The van der Waals surface area contributed by atoms with Crippen molar-refractivity contribution in [1.82, 2.24) is 9.66 Å². The van der Waals surface area contributed by atoms with Gasteiger partial charge in [0.2, 0.25) is 0 Å². The summed E-state index contributed by atoms with van der Waals surface area (Å²) in [6.07, 6.45) is 7.09. The third kappa shape index (κ3) is 4.51. The lowest BCUT2D eigenvalue weighted by Gasteiger charge is -2.22. The second-order valence-corrected chi connectivity index (χ2v) is 8.41. The standard InChI is InChI=1S/C23H22BrN3O3/c1-15(28)30-19-9-5-6-16(12-19)14-25-27-22(17-7-3-2-4-8-17)26-21-11-10-18(24)13-20(21)23(27)29/h5-6,9-14,17H,2-4,7-8H2,1H3. The fourth-order valence-corrected chi connectivity index (χ4v) is 4.21. The van der Waals surface area contributed by atoms with Crippen molar-refractivity contribution in [3.05, 3.63) is 68.7 Å². The summed E-state index contributed by atoms with van der Waals surface area (Å²) in [5.74, 6) is 0.974. The fraction of sp³-hybridized carbons (Fsp3) is 0.304. The van der Waals surface area contributed by atoms with Gasteiger partial charge in [0.05, 0.1) is 17.1 Å². The Hall–Kier alpha value is -2.80. The van der Waals surface area contributed by atoms with E-state index in [1.807, 2.05) is 18.2 Å². The summed E-state index contributed by atoms with van der Waals surface area (Å²) in [6, 6.07) is 12.6. The predicted molar refractivity (Wildman–Crippen MR) is 120 cm³/mol. The molecule has 30 heavy (non-hydrogen) atoms. The first-order chi connectivity index (χ1) is 14.5. The number of nitrogens with zero attached hydrogens (tertiary/aromatic N) is 3. The molecule has 154 valence electrons. The van der Waals surface area contributed by atoms with Gasteiger partial charge in [0.25, 0.3) is 5.56 Å². The zero-order valence-corrected chi connectivity index (χ0v) is 18.3. The minimum absolute atomic E-state index is 0.186. The van der Waals surface area contributed by atoms with Crippen molar-refractivity contribution in [2.45, 2.75) is 44.9 Å². The van der Waals surface area contributed by atoms with E-state index < -0.39 is 0 Å². The van der Waals surface area contributed by atoms with E-state index in [9.17, 15) is 9.59 Å². The molecule has 0 N–H and O–H groups in total. The lowest BCUT2D eigenvalue weighted by molar-refractivity contribution is -0.131. The summed E-state index contributed by atoms with van der Waals surface area (Å²) in [4.78, 5) is 29.3. The maximum atomic E-state index is 13.3. The molecule has 1 fully saturated rings. The number of hydrogen-bond donors (Lipinski definition) is 0. The number of halogens is 1. The Morgan fingerprint density at radius 3 is 2.77 bits per heavy atom. The van der Waals surface area contributed by atoms with Gasteiger partial charge in [-0.1, -0.05) is 47.3 Å². The molecular formula is C23H22BrN3O3. The molecular weight excluding hydrogens is 446 g/mol. The monoisotopic (exact) mass is 467 g/mol. The van der Waals surface area contributed by atoms with Crippen LogP contribution in [0.1, 0.15) is 56.3 Å². The Labute approximate surface area is 182 Å². The summed E-state index contributed by atoms with van der Waals surface area (Å²) >= 11 is 3.43. The average Bonchev–Trinajstić information content (AvgIpc) is 2.74. The third-order valence-electron chi connectivity index (χ3n) is 5.25. The fourth-order valence-electron chi connectivity index (χ4n) is 3.85. The molecule has 2 aromatic carbocycles. The van der Waals surface area contributed by atoms with Crippen molar-refractivity contribution in [2.24, 2.45) is 5.10 Å². The highest BCUT2D eigenvalue weighted by molar-refractivity contribution is 9.10. The van der Waals surface area contributed by atoms with Crippen LogP contribution >= 0.6 is 15.9 Å². The number of benzene rings is 2. The highest BCUT2D eigenvalue weighted by Gasteiger charge is 2.22. The van der Waals surface area contributed by atoms with Gasteiger partial charge in [-0.05, 0) is 48.7 Å². The van der Waals surface area contributed by atoms with E-state index >= 15 is 0 Å². The predicted octanol–water partition coefficient (Wildman–Crippen LogP) is 5.01. The van der Waals surface area contributed by atoms with Gasteiger partial charge in [-0.2, -0.15) is 9.78 Å². The summed E-state index contributed by atoms with van der Waals surface area (Å²) in [5, 5.41) is 5.04. The molecule has 0 bridgehead atoms. The van der Waals surface area contributed by atoms with Crippen LogP contribution in [0.25, 0.3) is 10.9 Å².